The number of nitrogens with zero attached hydrogens (tertiary/aromatic N) is 2. The summed E-state index contributed by atoms with van der Waals surface area (Å²) in [6.45, 7) is 3.21. The zero-order valence-corrected chi connectivity index (χ0v) is 10.3. The van der Waals surface area contributed by atoms with Crippen molar-refractivity contribution in [1.82, 2.24) is 15.1 Å². The summed E-state index contributed by atoms with van der Waals surface area (Å²) in [5.41, 5.74) is 2.66. The average molecular weight is 225 g/mol. The maximum Gasteiger partial charge on any atom is 0.0524 e. The molecular formula is C11H19N3S. The summed E-state index contributed by atoms with van der Waals surface area (Å²) in [7, 11) is 2.00. The first-order valence-electron chi connectivity index (χ1n) is 5.56. The third-order valence-electron chi connectivity index (χ3n) is 3.09. The topological polar surface area (TPSA) is 29.9 Å². The molecule has 1 aliphatic heterocycles. The zero-order valence-electron chi connectivity index (χ0n) is 9.49. The fraction of sp³-hybridized carbons (Fsp3) is 0.727. The van der Waals surface area contributed by atoms with E-state index in [4.69, 9.17) is 0 Å². The molecule has 1 unspecified atom stereocenters. The number of hydrogen-bond acceptors (Lipinski definition) is 3. The molecule has 1 atom stereocenters. The number of aryl methyl sites for hydroxylation is 1. The van der Waals surface area contributed by atoms with E-state index in [9.17, 15) is 0 Å². The van der Waals surface area contributed by atoms with Crippen molar-refractivity contribution in [2.75, 3.05) is 18.1 Å². The van der Waals surface area contributed by atoms with E-state index < -0.39 is 0 Å². The predicted molar refractivity (Wildman–Crippen MR) is 65.4 cm³/mol. The molecule has 2 rings (SSSR count). The Kier molecular flexibility index (Phi) is 3.70. The van der Waals surface area contributed by atoms with E-state index in [0.717, 1.165) is 19.0 Å². The van der Waals surface area contributed by atoms with Crippen LogP contribution in [0.4, 0.5) is 0 Å². The molecular weight excluding hydrogens is 206 g/mol. The Hall–Kier alpha value is -0.480. The molecule has 15 heavy (non-hydrogen) atoms. The molecule has 0 radical (unpaired) electrons. The van der Waals surface area contributed by atoms with Crippen molar-refractivity contribution in [2.45, 2.75) is 25.8 Å². The molecule has 1 saturated heterocycles. The second kappa shape index (κ2) is 5.03. The average Bonchev–Trinajstić information content (AvgIpc) is 2.83. The fourth-order valence-corrected chi connectivity index (χ4v) is 3.08. The molecule has 1 aromatic rings. The first-order chi connectivity index (χ1) is 7.27. The zero-order chi connectivity index (χ0) is 10.7. The number of nitrogens with one attached hydrogen (secondary N) is 1. The highest BCUT2D eigenvalue weighted by Gasteiger charge is 2.14. The van der Waals surface area contributed by atoms with Gasteiger partial charge in [0.2, 0.25) is 0 Å². The lowest BCUT2D eigenvalue weighted by Gasteiger charge is -2.10. The number of thioether (sulfide) groups is 1. The van der Waals surface area contributed by atoms with Gasteiger partial charge in [-0.25, -0.2) is 0 Å². The molecule has 4 heteroatoms. The predicted octanol–water partition coefficient (Wildman–Crippen LogP) is 1.37. The standard InChI is InChI=1S/C11H19N3S/c1-9-10(7-13-14(9)2)3-5-12-11-4-6-15-8-11/h7,11-12H,3-6,8H2,1-2H3. The lowest BCUT2D eigenvalue weighted by molar-refractivity contribution is 0.560. The minimum atomic E-state index is 0.743. The molecule has 1 N–H and O–H groups in total. The van der Waals surface area contributed by atoms with Crippen LogP contribution < -0.4 is 5.32 Å². The quantitative estimate of drug-likeness (QED) is 0.839. The van der Waals surface area contributed by atoms with Crippen LogP contribution in [0.25, 0.3) is 0 Å². The molecule has 2 heterocycles. The van der Waals surface area contributed by atoms with E-state index >= 15 is 0 Å². The molecule has 0 aromatic carbocycles. The SMILES string of the molecule is Cc1c(CCNC2CCSC2)cnn1C. The van der Waals surface area contributed by atoms with Crippen molar-refractivity contribution >= 4 is 11.8 Å². The van der Waals surface area contributed by atoms with Crippen LogP contribution >= 0.6 is 11.8 Å². The van der Waals surface area contributed by atoms with Gasteiger partial charge in [0.05, 0.1) is 6.20 Å². The number of rotatable bonds is 4. The van der Waals surface area contributed by atoms with Crippen LogP contribution in [0.3, 0.4) is 0 Å². The maximum absolute atomic E-state index is 4.25. The van der Waals surface area contributed by atoms with E-state index in [2.05, 4.69) is 29.1 Å². The normalized spacial score (nSPS) is 21.1. The van der Waals surface area contributed by atoms with Gasteiger partial charge in [-0.2, -0.15) is 16.9 Å². The van der Waals surface area contributed by atoms with Crippen LogP contribution in [0.1, 0.15) is 17.7 Å². The molecule has 0 saturated carbocycles. The van der Waals surface area contributed by atoms with E-state index in [-0.39, 0.29) is 0 Å². The van der Waals surface area contributed by atoms with Crippen molar-refractivity contribution in [3.05, 3.63) is 17.5 Å². The maximum atomic E-state index is 4.25. The van der Waals surface area contributed by atoms with Crippen molar-refractivity contribution in [3.63, 3.8) is 0 Å². The van der Waals surface area contributed by atoms with Crippen molar-refractivity contribution in [3.8, 4) is 0 Å². The molecule has 3 nitrogen and oxygen atoms in total. The number of aromatic nitrogens is 2. The summed E-state index contributed by atoms with van der Waals surface area (Å²) in [5, 5.41) is 7.86. The van der Waals surface area contributed by atoms with Gasteiger partial charge in [0.1, 0.15) is 0 Å². The highest BCUT2D eigenvalue weighted by atomic mass is 32.2. The van der Waals surface area contributed by atoms with E-state index in [1.54, 1.807) is 0 Å². The molecule has 84 valence electrons. The van der Waals surface area contributed by atoms with Gasteiger partial charge in [-0.1, -0.05) is 0 Å². The van der Waals surface area contributed by atoms with Gasteiger partial charge < -0.3 is 5.32 Å². The summed E-state index contributed by atoms with van der Waals surface area (Å²) < 4.78 is 1.95. The van der Waals surface area contributed by atoms with Crippen LogP contribution in [0, 0.1) is 6.92 Å². The molecule has 0 aliphatic carbocycles. The second-order valence-corrected chi connectivity index (χ2v) is 5.29. The first-order valence-corrected chi connectivity index (χ1v) is 6.71. The molecule has 1 fully saturated rings. The monoisotopic (exact) mass is 225 g/mol. The van der Waals surface area contributed by atoms with Gasteiger partial charge in [0, 0.05) is 24.5 Å². The third kappa shape index (κ3) is 2.75. The van der Waals surface area contributed by atoms with E-state index in [0.29, 0.717) is 0 Å². The Morgan fingerprint density at radius 1 is 1.67 bits per heavy atom. The van der Waals surface area contributed by atoms with Gasteiger partial charge >= 0.3 is 0 Å². The summed E-state index contributed by atoms with van der Waals surface area (Å²) in [6, 6.07) is 0.743. The minimum absolute atomic E-state index is 0.743. The fourth-order valence-electron chi connectivity index (χ4n) is 1.90. The summed E-state index contributed by atoms with van der Waals surface area (Å²) in [5.74, 6) is 2.61. The van der Waals surface area contributed by atoms with Crippen molar-refractivity contribution in [1.29, 1.82) is 0 Å². The van der Waals surface area contributed by atoms with Crippen LogP contribution in [-0.2, 0) is 13.5 Å². The molecule has 0 bridgehead atoms. The Labute approximate surface area is 95.6 Å². The van der Waals surface area contributed by atoms with Crippen LogP contribution in [0.5, 0.6) is 0 Å². The lowest BCUT2D eigenvalue weighted by Crippen LogP contribution is -2.30. The lowest BCUT2D eigenvalue weighted by atomic mass is 10.2. The Morgan fingerprint density at radius 3 is 3.13 bits per heavy atom. The summed E-state index contributed by atoms with van der Waals surface area (Å²) >= 11 is 2.06. The van der Waals surface area contributed by atoms with Gasteiger partial charge in [0.25, 0.3) is 0 Å². The van der Waals surface area contributed by atoms with Crippen LogP contribution in [0.15, 0.2) is 6.20 Å². The van der Waals surface area contributed by atoms with E-state index in [1.165, 1.54) is 29.2 Å². The first kappa shape index (κ1) is 11.0. The third-order valence-corrected chi connectivity index (χ3v) is 4.26. The minimum Gasteiger partial charge on any atom is -0.313 e. The second-order valence-electron chi connectivity index (χ2n) is 4.14. The molecule has 0 spiro atoms. The molecule has 1 aromatic heterocycles. The van der Waals surface area contributed by atoms with Gasteiger partial charge in [-0.05, 0) is 37.6 Å². The van der Waals surface area contributed by atoms with E-state index in [1.807, 2.05) is 17.9 Å². The summed E-state index contributed by atoms with van der Waals surface area (Å²) in [6.07, 6.45) is 4.41. The highest BCUT2D eigenvalue weighted by molar-refractivity contribution is 7.99. The molecule has 0 amide bonds. The van der Waals surface area contributed by atoms with Gasteiger partial charge in [0.15, 0.2) is 0 Å². The van der Waals surface area contributed by atoms with Gasteiger partial charge in [-0.3, -0.25) is 4.68 Å². The summed E-state index contributed by atoms with van der Waals surface area (Å²) in [4.78, 5) is 0. The van der Waals surface area contributed by atoms with Crippen molar-refractivity contribution in [2.24, 2.45) is 7.05 Å². The van der Waals surface area contributed by atoms with Gasteiger partial charge in [-0.15, -0.1) is 0 Å². The van der Waals surface area contributed by atoms with Crippen molar-refractivity contribution < 1.29 is 0 Å². The highest BCUT2D eigenvalue weighted by Crippen LogP contribution is 2.17. The smallest absolute Gasteiger partial charge is 0.0524 e. The largest absolute Gasteiger partial charge is 0.313 e. The van der Waals surface area contributed by atoms with Crippen LogP contribution in [-0.4, -0.2) is 33.9 Å². The number of hydrogen-bond donors (Lipinski definition) is 1. The van der Waals surface area contributed by atoms with Crippen LogP contribution in [0.2, 0.25) is 0 Å². The molecule has 1 aliphatic rings. The Bertz CT molecular complexity index is 316. The Balaban J connectivity index is 1.75. The Morgan fingerprint density at radius 2 is 2.53 bits per heavy atom.